The number of hydrogen-bond donors (Lipinski definition) is 1. The number of sulfonamides is 1. The largest absolute Gasteiger partial charge is 0.359 e. The monoisotopic (exact) mass is 312 g/mol. The summed E-state index contributed by atoms with van der Waals surface area (Å²) >= 11 is 0. The fourth-order valence-corrected chi connectivity index (χ4v) is 3.35. The second-order valence-corrected chi connectivity index (χ2v) is 7.87. The first kappa shape index (κ1) is 16.2. The minimum absolute atomic E-state index is 0.228. The Balaban J connectivity index is 2.04. The normalized spacial score (nSPS) is 17.1. The Labute approximate surface area is 127 Å². The van der Waals surface area contributed by atoms with E-state index >= 15 is 0 Å². The summed E-state index contributed by atoms with van der Waals surface area (Å²) in [6, 6.07) is 3.40. The van der Waals surface area contributed by atoms with Gasteiger partial charge in [0, 0.05) is 33.9 Å². The van der Waals surface area contributed by atoms with Crippen LogP contribution >= 0.6 is 0 Å². The first-order valence-electron chi connectivity index (χ1n) is 7.21. The molecule has 118 valence electrons. The van der Waals surface area contributed by atoms with E-state index in [0.29, 0.717) is 5.92 Å². The summed E-state index contributed by atoms with van der Waals surface area (Å²) in [7, 11) is 1.64. The molecule has 1 aliphatic heterocycles. The average Bonchev–Trinajstić information content (AvgIpc) is 2.48. The van der Waals surface area contributed by atoms with Gasteiger partial charge in [0.2, 0.25) is 10.0 Å². The van der Waals surface area contributed by atoms with Gasteiger partial charge < -0.3 is 10.2 Å². The lowest BCUT2D eigenvalue weighted by Crippen LogP contribution is -2.34. The molecule has 0 bridgehead atoms. The van der Waals surface area contributed by atoms with E-state index in [4.69, 9.17) is 0 Å². The van der Waals surface area contributed by atoms with Gasteiger partial charge in [0.15, 0.2) is 0 Å². The average molecular weight is 312 g/mol. The molecule has 0 atom stereocenters. The van der Waals surface area contributed by atoms with E-state index in [1.807, 2.05) is 7.05 Å². The third-order valence-electron chi connectivity index (χ3n) is 3.88. The van der Waals surface area contributed by atoms with Crippen molar-refractivity contribution in [2.45, 2.75) is 17.7 Å². The molecule has 0 radical (unpaired) electrons. The number of hydrogen-bond acceptors (Lipinski definition) is 5. The molecule has 0 spiro atoms. The molecule has 2 heterocycles. The van der Waals surface area contributed by atoms with Gasteiger partial charge in [-0.3, -0.25) is 0 Å². The number of aromatic nitrogens is 1. The minimum atomic E-state index is -3.40. The van der Waals surface area contributed by atoms with Crippen molar-refractivity contribution in [2.24, 2.45) is 5.92 Å². The Morgan fingerprint density at radius 3 is 2.43 bits per heavy atom. The molecular formula is C14H24N4O2S. The van der Waals surface area contributed by atoms with Crippen LogP contribution in [0.25, 0.3) is 0 Å². The number of piperidine rings is 1. The second kappa shape index (κ2) is 6.72. The number of nitrogens with one attached hydrogen (secondary N) is 1. The van der Waals surface area contributed by atoms with E-state index in [1.54, 1.807) is 12.1 Å². The highest BCUT2D eigenvalue weighted by atomic mass is 32.2. The van der Waals surface area contributed by atoms with Crippen molar-refractivity contribution >= 4 is 15.8 Å². The van der Waals surface area contributed by atoms with Gasteiger partial charge in [-0.2, -0.15) is 0 Å². The molecule has 1 fully saturated rings. The van der Waals surface area contributed by atoms with Gasteiger partial charge in [0.1, 0.15) is 10.7 Å². The molecule has 1 aromatic rings. The summed E-state index contributed by atoms with van der Waals surface area (Å²) in [5, 5.41) is 3.36. The van der Waals surface area contributed by atoms with Crippen molar-refractivity contribution in [3.05, 3.63) is 18.3 Å². The smallest absolute Gasteiger partial charge is 0.244 e. The number of anilines is 1. The first-order chi connectivity index (χ1) is 9.91. The number of nitrogens with zero attached hydrogens (tertiary/aromatic N) is 3. The quantitative estimate of drug-likeness (QED) is 0.870. The Bertz CT molecular complexity index is 551. The molecule has 0 unspecified atom stereocenters. The highest BCUT2D eigenvalue weighted by Crippen LogP contribution is 2.19. The summed E-state index contributed by atoms with van der Waals surface area (Å²) in [5.74, 6) is 1.48. The maximum absolute atomic E-state index is 12.0. The van der Waals surface area contributed by atoms with Crippen molar-refractivity contribution in [2.75, 3.05) is 45.7 Å². The van der Waals surface area contributed by atoms with Crippen molar-refractivity contribution in [1.82, 2.24) is 14.6 Å². The molecule has 0 aromatic carbocycles. The van der Waals surface area contributed by atoms with Crippen LogP contribution in [0, 0.1) is 5.92 Å². The lowest BCUT2D eigenvalue weighted by Gasteiger charge is -2.28. The Morgan fingerprint density at radius 1 is 1.24 bits per heavy atom. The zero-order chi connectivity index (χ0) is 15.5. The highest BCUT2D eigenvalue weighted by Gasteiger charge is 2.19. The standard InChI is InChI=1S/C14H24N4O2S/c1-17(2)21(19,20)13-4-5-14(16-10-13)18(3)11-12-6-8-15-9-7-12/h4-5,10,12,15H,6-9,11H2,1-3H3. The van der Waals surface area contributed by atoms with Gasteiger partial charge >= 0.3 is 0 Å². The van der Waals surface area contributed by atoms with E-state index < -0.39 is 10.0 Å². The number of rotatable bonds is 5. The SMILES string of the molecule is CN(CC1CCNCC1)c1ccc(S(=O)(=O)N(C)C)cn1. The Morgan fingerprint density at radius 2 is 1.90 bits per heavy atom. The molecule has 1 saturated heterocycles. The maximum Gasteiger partial charge on any atom is 0.244 e. The summed E-state index contributed by atoms with van der Waals surface area (Å²) in [4.78, 5) is 6.62. The van der Waals surface area contributed by atoms with Crippen molar-refractivity contribution in [1.29, 1.82) is 0 Å². The van der Waals surface area contributed by atoms with Crippen LogP contribution in [0.15, 0.2) is 23.2 Å². The predicted molar refractivity (Wildman–Crippen MR) is 84.0 cm³/mol. The van der Waals surface area contributed by atoms with Crippen LogP contribution in [-0.2, 0) is 10.0 Å². The van der Waals surface area contributed by atoms with E-state index in [1.165, 1.54) is 37.4 Å². The molecule has 0 saturated carbocycles. The Kier molecular flexibility index (Phi) is 5.18. The summed E-state index contributed by atoms with van der Waals surface area (Å²) in [6.07, 6.45) is 3.79. The van der Waals surface area contributed by atoms with Gasteiger partial charge in [-0.15, -0.1) is 0 Å². The van der Waals surface area contributed by atoms with E-state index in [2.05, 4.69) is 15.2 Å². The zero-order valence-electron chi connectivity index (χ0n) is 12.9. The molecule has 7 heteroatoms. The topological polar surface area (TPSA) is 65.5 Å². The number of pyridine rings is 1. The van der Waals surface area contributed by atoms with Gasteiger partial charge in [-0.1, -0.05) is 0 Å². The van der Waals surface area contributed by atoms with E-state index in [9.17, 15) is 8.42 Å². The van der Waals surface area contributed by atoms with Crippen LogP contribution < -0.4 is 10.2 Å². The van der Waals surface area contributed by atoms with Crippen molar-refractivity contribution < 1.29 is 8.42 Å². The van der Waals surface area contributed by atoms with Gasteiger partial charge in [-0.25, -0.2) is 17.7 Å². The van der Waals surface area contributed by atoms with Crippen molar-refractivity contribution in [3.63, 3.8) is 0 Å². The van der Waals surface area contributed by atoms with Gasteiger partial charge in [-0.05, 0) is 44.0 Å². The van der Waals surface area contributed by atoms with Crippen LogP contribution in [-0.4, -0.2) is 58.5 Å². The fraction of sp³-hybridized carbons (Fsp3) is 0.643. The van der Waals surface area contributed by atoms with Crippen LogP contribution in [0.5, 0.6) is 0 Å². The molecule has 1 N–H and O–H groups in total. The molecule has 1 aromatic heterocycles. The van der Waals surface area contributed by atoms with Crippen LogP contribution in [0.2, 0.25) is 0 Å². The van der Waals surface area contributed by atoms with Gasteiger partial charge in [0.25, 0.3) is 0 Å². The molecule has 21 heavy (non-hydrogen) atoms. The predicted octanol–water partition coefficient (Wildman–Crippen LogP) is 0.768. The lowest BCUT2D eigenvalue weighted by molar-refractivity contribution is 0.377. The first-order valence-corrected chi connectivity index (χ1v) is 8.65. The van der Waals surface area contributed by atoms with Gasteiger partial charge in [0.05, 0.1) is 0 Å². The minimum Gasteiger partial charge on any atom is -0.359 e. The summed E-state index contributed by atoms with van der Waals surface area (Å²) < 4.78 is 25.2. The maximum atomic E-state index is 12.0. The zero-order valence-corrected chi connectivity index (χ0v) is 13.7. The van der Waals surface area contributed by atoms with Crippen molar-refractivity contribution in [3.8, 4) is 0 Å². The molecular weight excluding hydrogens is 288 g/mol. The van der Waals surface area contributed by atoms with Crippen LogP contribution in [0.1, 0.15) is 12.8 Å². The van der Waals surface area contributed by atoms with Crippen LogP contribution in [0.3, 0.4) is 0 Å². The third-order valence-corrected chi connectivity index (χ3v) is 5.68. The Hall–Kier alpha value is -1.18. The lowest BCUT2D eigenvalue weighted by atomic mass is 9.98. The second-order valence-electron chi connectivity index (χ2n) is 5.71. The third kappa shape index (κ3) is 3.93. The van der Waals surface area contributed by atoms with Crippen LogP contribution in [0.4, 0.5) is 5.82 Å². The molecule has 1 aliphatic rings. The molecule has 0 amide bonds. The molecule has 0 aliphatic carbocycles. The van der Waals surface area contributed by atoms with E-state index in [0.717, 1.165) is 25.5 Å². The fourth-order valence-electron chi connectivity index (χ4n) is 2.51. The van der Waals surface area contributed by atoms with E-state index in [-0.39, 0.29) is 4.90 Å². The molecule has 6 nitrogen and oxygen atoms in total. The molecule has 2 rings (SSSR count). The summed E-state index contributed by atoms with van der Waals surface area (Å²) in [6.45, 7) is 3.10. The highest BCUT2D eigenvalue weighted by molar-refractivity contribution is 7.89. The summed E-state index contributed by atoms with van der Waals surface area (Å²) in [5.41, 5.74) is 0.